The van der Waals surface area contributed by atoms with E-state index in [0.29, 0.717) is 11.7 Å². The van der Waals surface area contributed by atoms with E-state index in [9.17, 15) is 0 Å². The van der Waals surface area contributed by atoms with Crippen LogP contribution in [0.15, 0.2) is 24.5 Å². The van der Waals surface area contributed by atoms with Crippen LogP contribution in [0.3, 0.4) is 0 Å². The van der Waals surface area contributed by atoms with E-state index >= 15 is 0 Å². The number of hydrogen-bond donors (Lipinski definition) is 2. The Balaban J connectivity index is 2.27. The van der Waals surface area contributed by atoms with Crippen LogP contribution in [-0.4, -0.2) is 20.2 Å². The highest BCUT2D eigenvalue weighted by molar-refractivity contribution is 5.52. The van der Waals surface area contributed by atoms with Gasteiger partial charge in [-0.05, 0) is 18.1 Å². The van der Waals surface area contributed by atoms with Crippen molar-refractivity contribution < 1.29 is 0 Å². The lowest BCUT2D eigenvalue weighted by molar-refractivity contribution is 0.492. The van der Waals surface area contributed by atoms with Gasteiger partial charge >= 0.3 is 0 Å². The molecular weight excluding hydrogens is 202 g/mol. The van der Waals surface area contributed by atoms with Gasteiger partial charge in [-0.3, -0.25) is 10.1 Å². The highest BCUT2D eigenvalue weighted by atomic mass is 15.2. The first kappa shape index (κ1) is 10.8. The summed E-state index contributed by atoms with van der Waals surface area (Å²) in [6.07, 6.45) is 3.43. The molecule has 0 fully saturated rings. The van der Waals surface area contributed by atoms with Crippen LogP contribution in [0.2, 0.25) is 0 Å². The smallest absolute Gasteiger partial charge is 0.181 e. The van der Waals surface area contributed by atoms with E-state index in [-0.39, 0.29) is 6.04 Å². The number of pyridine rings is 1. The summed E-state index contributed by atoms with van der Waals surface area (Å²) in [6, 6.07) is 3.63. The second kappa shape index (κ2) is 4.40. The number of nitrogens with zero attached hydrogens (tertiary/aromatic N) is 3. The summed E-state index contributed by atoms with van der Waals surface area (Å²) in [7, 11) is 0. The Morgan fingerprint density at radius 3 is 2.56 bits per heavy atom. The molecule has 0 saturated heterocycles. The van der Waals surface area contributed by atoms with E-state index in [1.54, 1.807) is 12.4 Å². The van der Waals surface area contributed by atoms with Crippen molar-refractivity contribution in [3.05, 3.63) is 30.4 Å². The summed E-state index contributed by atoms with van der Waals surface area (Å²) in [4.78, 5) is 8.33. The van der Waals surface area contributed by atoms with E-state index in [4.69, 9.17) is 5.73 Å². The zero-order chi connectivity index (χ0) is 11.5. The van der Waals surface area contributed by atoms with Gasteiger partial charge in [-0.15, -0.1) is 0 Å². The van der Waals surface area contributed by atoms with Crippen molar-refractivity contribution in [2.24, 2.45) is 11.7 Å². The van der Waals surface area contributed by atoms with Gasteiger partial charge in [0, 0.05) is 18.0 Å². The van der Waals surface area contributed by atoms with E-state index < -0.39 is 0 Å². The van der Waals surface area contributed by atoms with E-state index in [0.717, 1.165) is 11.4 Å². The first-order valence-electron chi connectivity index (χ1n) is 5.26. The third kappa shape index (κ3) is 2.09. The molecule has 0 aliphatic carbocycles. The maximum Gasteiger partial charge on any atom is 0.181 e. The van der Waals surface area contributed by atoms with Crippen LogP contribution in [0.4, 0.5) is 0 Å². The number of rotatable bonds is 3. The fraction of sp³-hybridized carbons (Fsp3) is 0.364. The first-order chi connectivity index (χ1) is 7.68. The van der Waals surface area contributed by atoms with Crippen molar-refractivity contribution in [3.63, 3.8) is 0 Å². The standard InChI is InChI=1S/C11H15N5/c1-7(2)9(12)11-14-10(15-16-11)8-3-5-13-6-4-8/h3-7,9H,12H2,1-2H3,(H,14,15,16)/t9-/m0/s1. The topological polar surface area (TPSA) is 80.5 Å². The Morgan fingerprint density at radius 1 is 1.25 bits per heavy atom. The molecule has 2 heterocycles. The molecule has 0 saturated carbocycles. The normalized spacial score (nSPS) is 13.0. The number of H-pyrrole nitrogens is 1. The van der Waals surface area contributed by atoms with Crippen LogP contribution in [0, 0.1) is 5.92 Å². The Hall–Kier alpha value is -1.75. The molecular formula is C11H15N5. The monoisotopic (exact) mass is 217 g/mol. The van der Waals surface area contributed by atoms with Crippen LogP contribution in [0.25, 0.3) is 11.4 Å². The molecule has 0 aromatic carbocycles. The Bertz CT molecular complexity index is 448. The van der Waals surface area contributed by atoms with Crippen LogP contribution in [0.1, 0.15) is 25.7 Å². The Labute approximate surface area is 94.1 Å². The van der Waals surface area contributed by atoms with Gasteiger partial charge in [0.2, 0.25) is 0 Å². The summed E-state index contributed by atoms with van der Waals surface area (Å²) in [5.74, 6) is 1.72. The van der Waals surface area contributed by atoms with E-state index in [2.05, 4.69) is 34.0 Å². The lowest BCUT2D eigenvalue weighted by Crippen LogP contribution is -2.18. The number of aromatic amines is 1. The van der Waals surface area contributed by atoms with Gasteiger partial charge in [-0.2, -0.15) is 5.10 Å². The van der Waals surface area contributed by atoms with Gasteiger partial charge in [0.1, 0.15) is 5.82 Å². The first-order valence-corrected chi connectivity index (χ1v) is 5.26. The number of aromatic nitrogens is 4. The van der Waals surface area contributed by atoms with Crippen molar-refractivity contribution in [2.45, 2.75) is 19.9 Å². The zero-order valence-corrected chi connectivity index (χ0v) is 9.38. The Kier molecular flexibility index (Phi) is 2.96. The van der Waals surface area contributed by atoms with Gasteiger partial charge in [0.15, 0.2) is 5.82 Å². The minimum Gasteiger partial charge on any atom is -0.321 e. The highest BCUT2D eigenvalue weighted by Crippen LogP contribution is 2.18. The largest absolute Gasteiger partial charge is 0.321 e. The third-order valence-electron chi connectivity index (χ3n) is 2.48. The minimum atomic E-state index is -0.108. The van der Waals surface area contributed by atoms with Crippen molar-refractivity contribution in [3.8, 4) is 11.4 Å². The predicted octanol–water partition coefficient (Wildman–Crippen LogP) is 1.52. The summed E-state index contributed by atoms with van der Waals surface area (Å²) in [6.45, 7) is 4.11. The third-order valence-corrected chi connectivity index (χ3v) is 2.48. The van der Waals surface area contributed by atoms with Gasteiger partial charge in [-0.25, -0.2) is 4.98 Å². The quantitative estimate of drug-likeness (QED) is 0.816. The zero-order valence-electron chi connectivity index (χ0n) is 9.38. The minimum absolute atomic E-state index is 0.108. The van der Waals surface area contributed by atoms with Crippen LogP contribution >= 0.6 is 0 Å². The molecule has 0 aliphatic heterocycles. The molecule has 2 rings (SSSR count). The number of nitrogens with two attached hydrogens (primary N) is 1. The average Bonchev–Trinajstić information content (AvgIpc) is 2.78. The fourth-order valence-corrected chi connectivity index (χ4v) is 1.37. The van der Waals surface area contributed by atoms with Crippen molar-refractivity contribution in [1.82, 2.24) is 20.2 Å². The van der Waals surface area contributed by atoms with Crippen LogP contribution < -0.4 is 5.73 Å². The lowest BCUT2D eigenvalue weighted by atomic mass is 10.1. The SMILES string of the molecule is CC(C)[C@H](N)c1nc(-c2ccncc2)n[nH]1. The van der Waals surface area contributed by atoms with E-state index in [1.807, 2.05) is 12.1 Å². The van der Waals surface area contributed by atoms with Crippen LogP contribution in [0.5, 0.6) is 0 Å². The predicted molar refractivity (Wildman–Crippen MR) is 61.4 cm³/mol. The molecule has 2 aromatic heterocycles. The van der Waals surface area contributed by atoms with Gasteiger partial charge in [0.05, 0.1) is 6.04 Å². The molecule has 3 N–H and O–H groups in total. The summed E-state index contributed by atoms with van der Waals surface area (Å²) in [5, 5.41) is 7.02. The van der Waals surface area contributed by atoms with Gasteiger partial charge in [0.25, 0.3) is 0 Å². The fourth-order valence-electron chi connectivity index (χ4n) is 1.37. The number of nitrogens with one attached hydrogen (secondary N) is 1. The maximum absolute atomic E-state index is 5.98. The summed E-state index contributed by atoms with van der Waals surface area (Å²) >= 11 is 0. The molecule has 5 heteroatoms. The molecule has 0 amide bonds. The molecule has 5 nitrogen and oxygen atoms in total. The van der Waals surface area contributed by atoms with Crippen molar-refractivity contribution in [2.75, 3.05) is 0 Å². The van der Waals surface area contributed by atoms with Crippen LogP contribution in [-0.2, 0) is 0 Å². The molecule has 0 spiro atoms. The maximum atomic E-state index is 5.98. The van der Waals surface area contributed by atoms with Crippen molar-refractivity contribution in [1.29, 1.82) is 0 Å². The molecule has 84 valence electrons. The second-order valence-corrected chi connectivity index (χ2v) is 4.05. The molecule has 1 atom stereocenters. The molecule has 0 unspecified atom stereocenters. The van der Waals surface area contributed by atoms with Gasteiger partial charge < -0.3 is 5.73 Å². The van der Waals surface area contributed by atoms with E-state index in [1.165, 1.54) is 0 Å². The molecule has 0 bridgehead atoms. The molecule has 0 aliphatic rings. The Morgan fingerprint density at radius 2 is 1.94 bits per heavy atom. The molecule has 2 aromatic rings. The average molecular weight is 217 g/mol. The number of hydrogen-bond acceptors (Lipinski definition) is 4. The summed E-state index contributed by atoms with van der Waals surface area (Å²) in [5.41, 5.74) is 6.92. The molecule has 0 radical (unpaired) electrons. The van der Waals surface area contributed by atoms with Crippen molar-refractivity contribution >= 4 is 0 Å². The second-order valence-electron chi connectivity index (χ2n) is 4.05. The molecule has 16 heavy (non-hydrogen) atoms. The highest BCUT2D eigenvalue weighted by Gasteiger charge is 2.15. The summed E-state index contributed by atoms with van der Waals surface area (Å²) < 4.78 is 0. The lowest BCUT2D eigenvalue weighted by Gasteiger charge is -2.10. The van der Waals surface area contributed by atoms with Gasteiger partial charge in [-0.1, -0.05) is 13.8 Å².